The Morgan fingerprint density at radius 1 is 1.23 bits per heavy atom. The summed E-state index contributed by atoms with van der Waals surface area (Å²) in [7, 11) is 0. The van der Waals surface area contributed by atoms with Gasteiger partial charge >= 0.3 is 6.09 Å². The molecule has 0 spiro atoms. The fourth-order valence-electron chi connectivity index (χ4n) is 3.36. The van der Waals surface area contributed by atoms with E-state index in [1.165, 1.54) is 25.7 Å². The number of amides is 1. The zero-order valence-corrected chi connectivity index (χ0v) is 14.9. The van der Waals surface area contributed by atoms with E-state index in [1.54, 1.807) is 0 Å². The lowest BCUT2D eigenvalue weighted by molar-refractivity contribution is 0.00782. The van der Waals surface area contributed by atoms with Gasteiger partial charge in [0.1, 0.15) is 5.60 Å². The molecule has 0 aromatic heterocycles. The predicted molar refractivity (Wildman–Crippen MR) is 90.0 cm³/mol. The molecule has 0 bridgehead atoms. The van der Waals surface area contributed by atoms with Crippen LogP contribution in [0.15, 0.2) is 0 Å². The molecule has 4 nitrogen and oxygen atoms in total. The summed E-state index contributed by atoms with van der Waals surface area (Å²) in [6.07, 6.45) is 8.49. The lowest BCUT2D eigenvalue weighted by Gasteiger charge is -2.38. The smallest absolute Gasteiger partial charge is 0.410 e. The highest BCUT2D eigenvalue weighted by Crippen LogP contribution is 2.26. The molecule has 1 aliphatic heterocycles. The van der Waals surface area contributed by atoms with Crippen LogP contribution in [0.1, 0.15) is 72.6 Å². The van der Waals surface area contributed by atoms with Gasteiger partial charge in [-0.25, -0.2) is 4.79 Å². The first-order valence-corrected chi connectivity index (χ1v) is 9.08. The Kier molecular flexibility index (Phi) is 6.13. The minimum absolute atomic E-state index is 0.136. The van der Waals surface area contributed by atoms with E-state index < -0.39 is 5.60 Å². The lowest BCUT2D eigenvalue weighted by atomic mass is 9.85. The van der Waals surface area contributed by atoms with E-state index in [9.17, 15) is 4.79 Å². The summed E-state index contributed by atoms with van der Waals surface area (Å²) >= 11 is 0. The molecule has 2 aliphatic rings. The lowest BCUT2D eigenvalue weighted by Crippen LogP contribution is -2.48. The fourth-order valence-corrected chi connectivity index (χ4v) is 3.36. The van der Waals surface area contributed by atoms with Gasteiger partial charge in [0.2, 0.25) is 0 Å². The van der Waals surface area contributed by atoms with Crippen LogP contribution >= 0.6 is 0 Å². The molecule has 1 saturated heterocycles. The average molecular weight is 310 g/mol. The van der Waals surface area contributed by atoms with Crippen molar-refractivity contribution in [3.63, 3.8) is 0 Å². The van der Waals surface area contributed by atoms with Crippen molar-refractivity contribution in [1.29, 1.82) is 0 Å². The molecule has 0 radical (unpaired) electrons. The van der Waals surface area contributed by atoms with Crippen LogP contribution in [-0.2, 0) is 4.74 Å². The van der Waals surface area contributed by atoms with Crippen LogP contribution in [0.2, 0.25) is 0 Å². The van der Waals surface area contributed by atoms with Crippen LogP contribution in [0, 0.1) is 5.92 Å². The third-order valence-electron chi connectivity index (χ3n) is 4.86. The van der Waals surface area contributed by atoms with E-state index >= 15 is 0 Å². The van der Waals surface area contributed by atoms with Gasteiger partial charge in [-0.2, -0.15) is 0 Å². The highest BCUT2D eigenvalue weighted by molar-refractivity contribution is 5.68. The predicted octanol–water partition coefficient (Wildman–Crippen LogP) is 3.94. The second-order valence-corrected chi connectivity index (χ2v) is 8.17. The van der Waals surface area contributed by atoms with E-state index in [0.29, 0.717) is 12.1 Å². The van der Waals surface area contributed by atoms with Crippen LogP contribution < -0.4 is 5.32 Å². The van der Waals surface area contributed by atoms with Gasteiger partial charge in [0.15, 0.2) is 0 Å². The first-order valence-electron chi connectivity index (χ1n) is 9.08. The summed E-state index contributed by atoms with van der Waals surface area (Å²) in [5.74, 6) is 0.885. The van der Waals surface area contributed by atoms with Crippen LogP contribution in [-0.4, -0.2) is 41.8 Å². The Labute approximate surface area is 136 Å². The first-order chi connectivity index (χ1) is 10.3. The Morgan fingerprint density at radius 2 is 1.95 bits per heavy atom. The number of nitrogens with one attached hydrogen (secondary N) is 1. The SMILES string of the molecule is CC(CC1CCCCN1C(=O)OC(C)(C)C)NCC1CCC1. The Bertz CT molecular complexity index is 361. The Hall–Kier alpha value is -0.770. The van der Waals surface area contributed by atoms with Gasteiger partial charge in [0, 0.05) is 18.6 Å². The van der Waals surface area contributed by atoms with Gasteiger partial charge in [-0.05, 0) is 78.7 Å². The molecule has 22 heavy (non-hydrogen) atoms. The van der Waals surface area contributed by atoms with Crippen LogP contribution in [0.4, 0.5) is 4.79 Å². The molecule has 2 atom stereocenters. The van der Waals surface area contributed by atoms with E-state index in [2.05, 4.69) is 12.2 Å². The Balaban J connectivity index is 1.81. The maximum absolute atomic E-state index is 12.4. The molecule has 4 heteroatoms. The summed E-state index contributed by atoms with van der Waals surface area (Å²) in [6, 6.07) is 0.793. The fraction of sp³-hybridized carbons (Fsp3) is 0.944. The second kappa shape index (κ2) is 7.67. The molecular weight excluding hydrogens is 276 g/mol. The number of carbonyl (C=O) groups is 1. The Morgan fingerprint density at radius 3 is 2.55 bits per heavy atom. The summed E-state index contributed by atoms with van der Waals surface area (Å²) in [6.45, 7) is 10.0. The van der Waals surface area contributed by atoms with Crippen molar-refractivity contribution in [2.24, 2.45) is 5.92 Å². The van der Waals surface area contributed by atoms with Crippen molar-refractivity contribution < 1.29 is 9.53 Å². The molecule has 0 aromatic rings. The summed E-state index contributed by atoms with van der Waals surface area (Å²) < 4.78 is 5.58. The largest absolute Gasteiger partial charge is 0.444 e. The highest BCUT2D eigenvalue weighted by Gasteiger charge is 2.31. The molecule has 1 aliphatic carbocycles. The maximum Gasteiger partial charge on any atom is 0.410 e. The van der Waals surface area contributed by atoms with Crippen molar-refractivity contribution in [3.05, 3.63) is 0 Å². The second-order valence-electron chi connectivity index (χ2n) is 8.17. The summed E-state index contributed by atoms with van der Waals surface area (Å²) in [5.41, 5.74) is -0.410. The minimum Gasteiger partial charge on any atom is -0.444 e. The van der Waals surface area contributed by atoms with Crippen molar-refractivity contribution in [3.8, 4) is 0 Å². The molecule has 2 unspecified atom stereocenters. The maximum atomic E-state index is 12.4. The number of hydrogen-bond acceptors (Lipinski definition) is 3. The molecule has 1 heterocycles. The van der Waals surface area contributed by atoms with Crippen LogP contribution in [0.5, 0.6) is 0 Å². The standard InChI is InChI=1S/C18H34N2O2/c1-14(19-13-15-8-7-9-15)12-16-10-5-6-11-20(16)17(21)22-18(2,3)4/h14-16,19H,5-13H2,1-4H3. The number of ether oxygens (including phenoxy) is 1. The van der Waals surface area contributed by atoms with Gasteiger partial charge in [-0.3, -0.25) is 0 Å². The molecule has 0 aromatic carbocycles. The first kappa shape index (κ1) is 17.6. The molecule has 1 amide bonds. The van der Waals surface area contributed by atoms with Gasteiger partial charge in [0.05, 0.1) is 0 Å². The van der Waals surface area contributed by atoms with E-state index in [4.69, 9.17) is 4.74 Å². The number of likely N-dealkylation sites (tertiary alicyclic amines) is 1. The van der Waals surface area contributed by atoms with Gasteiger partial charge < -0.3 is 15.0 Å². The zero-order valence-electron chi connectivity index (χ0n) is 14.9. The quantitative estimate of drug-likeness (QED) is 0.836. The third kappa shape index (κ3) is 5.45. The van der Waals surface area contributed by atoms with Gasteiger partial charge in [-0.1, -0.05) is 6.42 Å². The van der Waals surface area contributed by atoms with Gasteiger partial charge in [-0.15, -0.1) is 0 Å². The topological polar surface area (TPSA) is 41.6 Å². The van der Waals surface area contributed by atoms with Crippen molar-refractivity contribution in [2.75, 3.05) is 13.1 Å². The van der Waals surface area contributed by atoms with E-state index in [1.807, 2.05) is 25.7 Å². The highest BCUT2D eigenvalue weighted by atomic mass is 16.6. The number of hydrogen-bond donors (Lipinski definition) is 1. The monoisotopic (exact) mass is 310 g/mol. The van der Waals surface area contributed by atoms with Crippen LogP contribution in [0.3, 0.4) is 0 Å². The van der Waals surface area contributed by atoms with Crippen LogP contribution in [0.25, 0.3) is 0 Å². The normalized spacial score (nSPS) is 24.7. The average Bonchev–Trinajstić information content (AvgIpc) is 2.35. The molecule has 1 N–H and O–H groups in total. The number of piperidine rings is 1. The zero-order chi connectivity index (χ0) is 16.2. The summed E-state index contributed by atoms with van der Waals surface area (Å²) in [4.78, 5) is 14.4. The van der Waals surface area contributed by atoms with E-state index in [-0.39, 0.29) is 6.09 Å². The molecule has 1 saturated carbocycles. The van der Waals surface area contributed by atoms with Crippen molar-refractivity contribution in [1.82, 2.24) is 10.2 Å². The molecular formula is C18H34N2O2. The molecule has 2 rings (SSSR count). The third-order valence-corrected chi connectivity index (χ3v) is 4.86. The van der Waals surface area contributed by atoms with Crippen molar-refractivity contribution in [2.45, 2.75) is 90.3 Å². The van der Waals surface area contributed by atoms with Gasteiger partial charge in [0.25, 0.3) is 0 Å². The minimum atomic E-state index is -0.410. The number of nitrogens with zero attached hydrogens (tertiary/aromatic N) is 1. The summed E-state index contributed by atoms with van der Waals surface area (Å²) in [5, 5.41) is 3.66. The van der Waals surface area contributed by atoms with E-state index in [0.717, 1.165) is 38.3 Å². The van der Waals surface area contributed by atoms with Crippen molar-refractivity contribution >= 4 is 6.09 Å². The number of rotatable bonds is 5. The molecule has 128 valence electrons. The number of carbonyl (C=O) groups excluding carboxylic acids is 1. The molecule has 2 fully saturated rings.